The summed E-state index contributed by atoms with van der Waals surface area (Å²) in [5, 5.41) is 7.68. The van der Waals surface area contributed by atoms with Gasteiger partial charge in [-0.05, 0) is 49.8 Å². The predicted octanol–water partition coefficient (Wildman–Crippen LogP) is 6.28. The Labute approximate surface area is 220 Å². The van der Waals surface area contributed by atoms with Gasteiger partial charge in [0.15, 0.2) is 11.5 Å². The molecule has 8 heteroatoms. The first-order valence-electron chi connectivity index (χ1n) is 12.0. The van der Waals surface area contributed by atoms with E-state index in [1.165, 1.54) is 0 Å². The molecule has 0 bridgehead atoms. The second-order valence-electron chi connectivity index (χ2n) is 9.10. The summed E-state index contributed by atoms with van der Waals surface area (Å²) in [6.45, 7) is 12.6. The first-order chi connectivity index (χ1) is 17.9. The predicted molar refractivity (Wildman–Crippen MR) is 156 cm³/mol. The van der Waals surface area contributed by atoms with Crippen molar-refractivity contribution < 1.29 is 0 Å². The van der Waals surface area contributed by atoms with Gasteiger partial charge in [-0.2, -0.15) is 5.10 Å². The number of thiophene rings is 1. The van der Waals surface area contributed by atoms with E-state index in [-0.39, 0.29) is 0 Å². The molecule has 0 saturated heterocycles. The van der Waals surface area contributed by atoms with E-state index in [1.807, 2.05) is 57.3 Å². The molecule has 0 atom stereocenters. The fourth-order valence-electron chi connectivity index (χ4n) is 4.14. The molecule has 2 N–H and O–H groups in total. The number of H-pyrrole nitrogens is 2. The highest BCUT2D eigenvalue weighted by atomic mass is 32.1. The van der Waals surface area contributed by atoms with Crippen LogP contribution in [-0.2, 0) is 0 Å². The molecule has 5 heterocycles. The summed E-state index contributed by atoms with van der Waals surface area (Å²) in [7, 11) is 4.01. The van der Waals surface area contributed by atoms with E-state index in [4.69, 9.17) is 9.97 Å². The molecule has 4 aromatic rings. The zero-order valence-corrected chi connectivity index (χ0v) is 22.3. The Morgan fingerprint density at radius 2 is 1.95 bits per heavy atom. The van der Waals surface area contributed by atoms with Gasteiger partial charge in [-0.1, -0.05) is 31.4 Å². The average molecular weight is 508 g/mol. The molecular formula is C29H29N7S. The quantitative estimate of drug-likeness (QED) is 0.288. The number of aryl methyl sites for hydroxylation is 1. The summed E-state index contributed by atoms with van der Waals surface area (Å²) in [5.74, 6) is 0.665. The number of aliphatic imine (C=N–C) groups is 1. The fourth-order valence-corrected chi connectivity index (χ4v) is 5.10. The maximum atomic E-state index is 4.99. The minimum absolute atomic E-state index is 0.607. The summed E-state index contributed by atoms with van der Waals surface area (Å²) in [6, 6.07) is 8.22. The summed E-state index contributed by atoms with van der Waals surface area (Å²) < 4.78 is 0. The lowest BCUT2D eigenvalue weighted by Crippen LogP contribution is -2.12. The Balaban J connectivity index is 1.56. The number of fused-ring (bicyclic) bond motifs is 1. The van der Waals surface area contributed by atoms with Gasteiger partial charge in [0.05, 0.1) is 29.1 Å². The van der Waals surface area contributed by atoms with Crippen LogP contribution in [0.5, 0.6) is 0 Å². The van der Waals surface area contributed by atoms with Crippen LogP contribution in [0.1, 0.15) is 33.8 Å². The monoisotopic (exact) mass is 507 g/mol. The lowest BCUT2D eigenvalue weighted by atomic mass is 10.1. The van der Waals surface area contributed by atoms with Crippen LogP contribution in [0.25, 0.3) is 39.3 Å². The zero-order chi connectivity index (χ0) is 26.1. The van der Waals surface area contributed by atoms with E-state index in [2.05, 4.69) is 57.6 Å². The minimum Gasteiger partial charge on any atom is -0.376 e. The van der Waals surface area contributed by atoms with Crippen molar-refractivity contribution in [3.8, 4) is 11.5 Å². The van der Waals surface area contributed by atoms with Gasteiger partial charge in [-0.15, -0.1) is 11.3 Å². The molecular weight excluding hydrogens is 478 g/mol. The lowest BCUT2D eigenvalue weighted by molar-refractivity contribution is 0.542. The number of aromatic amines is 2. The van der Waals surface area contributed by atoms with Crippen molar-refractivity contribution in [2.45, 2.75) is 13.8 Å². The Kier molecular flexibility index (Phi) is 6.58. The zero-order valence-electron chi connectivity index (χ0n) is 21.5. The van der Waals surface area contributed by atoms with E-state index in [1.54, 1.807) is 17.4 Å². The number of nitrogens with one attached hydrogen (secondary N) is 2. The van der Waals surface area contributed by atoms with Crippen molar-refractivity contribution in [2.24, 2.45) is 4.99 Å². The lowest BCUT2D eigenvalue weighted by Gasteiger charge is -2.13. The average Bonchev–Trinajstić information content (AvgIpc) is 3.56. The topological polar surface area (TPSA) is 85.8 Å². The van der Waals surface area contributed by atoms with Crippen LogP contribution in [0.4, 0.5) is 0 Å². The first kappa shape index (κ1) is 24.4. The summed E-state index contributed by atoms with van der Waals surface area (Å²) >= 11 is 1.69. The molecule has 0 unspecified atom stereocenters. The number of rotatable bonds is 7. The maximum absolute atomic E-state index is 4.99. The second-order valence-corrected chi connectivity index (χ2v) is 10.2. The largest absolute Gasteiger partial charge is 0.376 e. The minimum atomic E-state index is 0.607. The van der Waals surface area contributed by atoms with Crippen LogP contribution in [0.3, 0.4) is 0 Å². The second kappa shape index (κ2) is 9.99. The van der Waals surface area contributed by atoms with Gasteiger partial charge >= 0.3 is 0 Å². The number of aromatic nitrogens is 5. The van der Waals surface area contributed by atoms with Gasteiger partial charge in [-0.25, -0.2) is 9.97 Å². The molecule has 7 nitrogen and oxygen atoms in total. The Bertz CT molecular complexity index is 1640. The van der Waals surface area contributed by atoms with Gasteiger partial charge in [0.25, 0.3) is 0 Å². The molecule has 1 aliphatic heterocycles. The molecule has 0 aliphatic carbocycles. The van der Waals surface area contributed by atoms with Crippen LogP contribution in [0, 0.1) is 6.92 Å². The summed E-state index contributed by atoms with van der Waals surface area (Å²) in [5.41, 5.74) is 9.06. The van der Waals surface area contributed by atoms with Crippen molar-refractivity contribution in [2.75, 3.05) is 20.6 Å². The van der Waals surface area contributed by atoms with Crippen molar-refractivity contribution in [3.63, 3.8) is 0 Å². The molecule has 0 radical (unpaired) electrons. The molecule has 1 aliphatic rings. The Hall–Kier alpha value is -4.30. The third-order valence-corrected chi connectivity index (χ3v) is 7.38. The third-order valence-electron chi connectivity index (χ3n) is 6.10. The molecule has 37 heavy (non-hydrogen) atoms. The molecule has 0 fully saturated rings. The van der Waals surface area contributed by atoms with Gasteiger partial charge in [-0.3, -0.25) is 10.1 Å². The number of pyridine rings is 1. The van der Waals surface area contributed by atoms with Gasteiger partial charge < -0.3 is 9.88 Å². The normalized spacial score (nSPS) is 13.9. The van der Waals surface area contributed by atoms with Crippen molar-refractivity contribution in [3.05, 3.63) is 94.3 Å². The molecule has 0 aromatic carbocycles. The maximum Gasteiger partial charge on any atom is 0.161 e. The van der Waals surface area contributed by atoms with E-state index in [9.17, 15) is 0 Å². The summed E-state index contributed by atoms with van der Waals surface area (Å²) in [6.07, 6.45) is 9.87. The van der Waals surface area contributed by atoms with E-state index in [0.29, 0.717) is 18.1 Å². The Morgan fingerprint density at radius 3 is 2.68 bits per heavy atom. The van der Waals surface area contributed by atoms with Crippen molar-refractivity contribution in [1.82, 2.24) is 30.0 Å². The van der Waals surface area contributed by atoms with Crippen LogP contribution in [0.2, 0.25) is 0 Å². The highest BCUT2D eigenvalue weighted by Gasteiger charge is 2.20. The number of hydrogen-bond donors (Lipinski definition) is 2. The molecule has 0 spiro atoms. The number of imidazole rings is 1. The Morgan fingerprint density at radius 1 is 1.14 bits per heavy atom. The van der Waals surface area contributed by atoms with Crippen molar-refractivity contribution >= 4 is 45.3 Å². The highest BCUT2D eigenvalue weighted by molar-refractivity contribution is 7.14. The number of nitrogens with zero attached hydrogens (tertiary/aromatic N) is 5. The van der Waals surface area contributed by atoms with Crippen LogP contribution in [0.15, 0.2) is 72.4 Å². The van der Waals surface area contributed by atoms with E-state index < -0.39 is 0 Å². The molecule has 5 rings (SSSR count). The van der Waals surface area contributed by atoms with Crippen molar-refractivity contribution in [1.29, 1.82) is 0 Å². The first-order valence-corrected chi connectivity index (χ1v) is 12.8. The van der Waals surface area contributed by atoms with Crippen LogP contribution >= 0.6 is 11.3 Å². The van der Waals surface area contributed by atoms with Gasteiger partial charge in [0.2, 0.25) is 0 Å². The SMILES string of the molecule is C=C/C=C(/c1ccc(C(=C)C)s1)c1nc(-c2n[nH]c3ccc(C4=CCN=CC(N(C)C)=C4)nc23)[nH]c1C. The summed E-state index contributed by atoms with van der Waals surface area (Å²) in [4.78, 5) is 22.2. The third kappa shape index (κ3) is 4.75. The van der Waals surface area contributed by atoms with E-state index in [0.717, 1.165) is 60.3 Å². The van der Waals surface area contributed by atoms with Crippen LogP contribution in [-0.4, -0.2) is 56.9 Å². The smallest absolute Gasteiger partial charge is 0.161 e. The van der Waals surface area contributed by atoms with Gasteiger partial charge in [0.1, 0.15) is 5.52 Å². The fraction of sp³-hybridized carbons (Fsp3) is 0.172. The number of allylic oxidation sites excluding steroid dienone is 6. The number of hydrogen-bond acceptors (Lipinski definition) is 6. The molecule has 0 amide bonds. The van der Waals surface area contributed by atoms with Gasteiger partial charge in [0, 0.05) is 46.9 Å². The molecule has 4 aromatic heterocycles. The highest BCUT2D eigenvalue weighted by Crippen LogP contribution is 2.34. The molecule has 186 valence electrons. The molecule has 0 saturated carbocycles. The van der Waals surface area contributed by atoms with E-state index >= 15 is 0 Å². The standard InChI is InChI=1S/C29H29N7S/c1-7-8-21(25-12-11-24(37-25)17(2)3)26-18(4)31-29(33-26)28-27-23(34-35-28)10-9-22(32-27)19-13-14-30-16-20(15-19)36(5)6/h7-13,15-16H,1-2,14H2,3-6H3,(H,31,33)(H,34,35)/b21-8-. The van der Waals surface area contributed by atoms with Crippen LogP contribution < -0.4 is 0 Å².